The van der Waals surface area contributed by atoms with Gasteiger partial charge in [-0.15, -0.1) is 0 Å². The molecule has 1 fully saturated rings. The van der Waals surface area contributed by atoms with Crippen molar-refractivity contribution in [3.05, 3.63) is 59.7 Å². The van der Waals surface area contributed by atoms with Gasteiger partial charge in [-0.25, -0.2) is 0 Å². The molecule has 0 aromatic heterocycles. The summed E-state index contributed by atoms with van der Waals surface area (Å²) in [7, 11) is 1.57. The Labute approximate surface area is 147 Å². The van der Waals surface area contributed by atoms with Gasteiger partial charge in [0, 0.05) is 17.2 Å². The van der Waals surface area contributed by atoms with Crippen molar-refractivity contribution in [2.75, 3.05) is 12.4 Å². The van der Waals surface area contributed by atoms with Crippen LogP contribution < -0.4 is 15.4 Å². The molecule has 0 spiro atoms. The van der Waals surface area contributed by atoms with Gasteiger partial charge < -0.3 is 15.4 Å². The SMILES string of the molecule is COc1cccc(C(=O)NC(C)c2ccc(NC(=O)C3CC3)cc2)c1. The molecule has 1 atom stereocenters. The molecule has 2 amide bonds. The van der Waals surface area contributed by atoms with Crippen molar-refractivity contribution >= 4 is 17.5 Å². The van der Waals surface area contributed by atoms with Crippen molar-refractivity contribution < 1.29 is 14.3 Å². The van der Waals surface area contributed by atoms with Crippen LogP contribution in [0.2, 0.25) is 0 Å². The maximum Gasteiger partial charge on any atom is 0.251 e. The summed E-state index contributed by atoms with van der Waals surface area (Å²) in [6, 6.07) is 14.5. The van der Waals surface area contributed by atoms with Gasteiger partial charge in [0.2, 0.25) is 5.91 Å². The molecule has 1 aliphatic carbocycles. The van der Waals surface area contributed by atoms with Crippen LogP contribution in [-0.4, -0.2) is 18.9 Å². The Bertz CT molecular complexity index is 767. The zero-order chi connectivity index (χ0) is 17.8. The van der Waals surface area contributed by atoms with Crippen LogP contribution in [0, 0.1) is 5.92 Å². The fourth-order valence-electron chi connectivity index (χ4n) is 2.57. The highest BCUT2D eigenvalue weighted by Crippen LogP contribution is 2.30. The number of anilines is 1. The van der Waals surface area contributed by atoms with E-state index in [2.05, 4.69) is 10.6 Å². The Balaban J connectivity index is 1.60. The van der Waals surface area contributed by atoms with Crippen LogP contribution in [0.3, 0.4) is 0 Å². The third kappa shape index (κ3) is 4.38. The van der Waals surface area contributed by atoms with Gasteiger partial charge in [0.1, 0.15) is 5.75 Å². The Morgan fingerprint density at radius 3 is 2.48 bits per heavy atom. The van der Waals surface area contributed by atoms with Crippen LogP contribution in [0.4, 0.5) is 5.69 Å². The van der Waals surface area contributed by atoms with E-state index in [-0.39, 0.29) is 23.8 Å². The smallest absolute Gasteiger partial charge is 0.251 e. The summed E-state index contributed by atoms with van der Waals surface area (Å²) in [4.78, 5) is 24.1. The van der Waals surface area contributed by atoms with Gasteiger partial charge in [0.05, 0.1) is 13.2 Å². The number of amides is 2. The lowest BCUT2D eigenvalue weighted by Gasteiger charge is -2.15. The Kier molecular flexibility index (Phi) is 5.03. The van der Waals surface area contributed by atoms with Crippen molar-refractivity contribution in [3.8, 4) is 5.75 Å². The monoisotopic (exact) mass is 338 g/mol. The number of hydrogen-bond acceptors (Lipinski definition) is 3. The van der Waals surface area contributed by atoms with E-state index in [1.165, 1.54) is 0 Å². The molecule has 0 radical (unpaired) electrons. The minimum atomic E-state index is -0.155. The fourth-order valence-corrected chi connectivity index (χ4v) is 2.57. The molecule has 0 saturated heterocycles. The molecule has 2 aromatic rings. The predicted octanol–water partition coefficient (Wildman–Crippen LogP) is 3.53. The second-order valence-electron chi connectivity index (χ2n) is 6.31. The second kappa shape index (κ2) is 7.38. The minimum Gasteiger partial charge on any atom is -0.497 e. The highest BCUT2D eigenvalue weighted by Gasteiger charge is 2.29. The lowest BCUT2D eigenvalue weighted by atomic mass is 10.1. The van der Waals surface area contributed by atoms with E-state index in [1.54, 1.807) is 31.4 Å². The summed E-state index contributed by atoms with van der Waals surface area (Å²) in [6.07, 6.45) is 1.97. The van der Waals surface area contributed by atoms with E-state index in [0.717, 1.165) is 24.1 Å². The van der Waals surface area contributed by atoms with Gasteiger partial charge >= 0.3 is 0 Å². The van der Waals surface area contributed by atoms with Crippen LogP contribution in [0.1, 0.15) is 41.7 Å². The third-order valence-electron chi connectivity index (χ3n) is 4.31. The van der Waals surface area contributed by atoms with Gasteiger partial charge in [-0.3, -0.25) is 9.59 Å². The lowest BCUT2D eigenvalue weighted by Crippen LogP contribution is -2.26. The van der Waals surface area contributed by atoms with E-state index >= 15 is 0 Å². The first-order chi connectivity index (χ1) is 12.1. The molecule has 25 heavy (non-hydrogen) atoms. The number of benzene rings is 2. The van der Waals surface area contributed by atoms with E-state index < -0.39 is 0 Å². The molecule has 0 heterocycles. The summed E-state index contributed by atoms with van der Waals surface area (Å²) in [5.74, 6) is 0.765. The molecule has 2 aromatic carbocycles. The number of nitrogens with one attached hydrogen (secondary N) is 2. The fraction of sp³-hybridized carbons (Fsp3) is 0.300. The Morgan fingerprint density at radius 1 is 1.12 bits per heavy atom. The van der Waals surface area contributed by atoms with E-state index in [1.807, 2.05) is 31.2 Å². The number of methoxy groups -OCH3 is 1. The highest BCUT2D eigenvalue weighted by atomic mass is 16.5. The van der Waals surface area contributed by atoms with Gasteiger partial charge in [-0.05, 0) is 55.7 Å². The van der Waals surface area contributed by atoms with Gasteiger partial charge in [0.25, 0.3) is 5.91 Å². The largest absolute Gasteiger partial charge is 0.497 e. The summed E-state index contributed by atoms with van der Waals surface area (Å²) in [5, 5.41) is 5.88. The molecular formula is C20H22N2O3. The van der Waals surface area contributed by atoms with Gasteiger partial charge in [-0.1, -0.05) is 18.2 Å². The first kappa shape index (κ1) is 17.0. The molecule has 5 nitrogen and oxygen atoms in total. The van der Waals surface area contributed by atoms with Gasteiger partial charge in [-0.2, -0.15) is 0 Å². The van der Waals surface area contributed by atoms with Crippen LogP contribution in [-0.2, 0) is 4.79 Å². The van der Waals surface area contributed by atoms with Gasteiger partial charge in [0.15, 0.2) is 0 Å². The summed E-state index contributed by atoms with van der Waals surface area (Å²) in [5.41, 5.74) is 2.31. The minimum absolute atomic E-state index is 0.0899. The van der Waals surface area contributed by atoms with Crippen LogP contribution >= 0.6 is 0 Å². The summed E-state index contributed by atoms with van der Waals surface area (Å²) in [6.45, 7) is 1.93. The first-order valence-corrected chi connectivity index (χ1v) is 8.42. The summed E-state index contributed by atoms with van der Waals surface area (Å²) >= 11 is 0. The molecule has 130 valence electrons. The molecular weight excluding hydrogens is 316 g/mol. The Hall–Kier alpha value is -2.82. The number of carbonyl (C=O) groups excluding carboxylic acids is 2. The van der Waals surface area contributed by atoms with Crippen LogP contribution in [0.5, 0.6) is 5.75 Å². The molecule has 1 aliphatic rings. The number of ether oxygens (including phenoxy) is 1. The van der Waals surface area contributed by atoms with E-state index in [0.29, 0.717) is 11.3 Å². The van der Waals surface area contributed by atoms with E-state index in [4.69, 9.17) is 4.74 Å². The van der Waals surface area contributed by atoms with Crippen molar-refractivity contribution in [2.45, 2.75) is 25.8 Å². The average Bonchev–Trinajstić information content (AvgIpc) is 3.47. The van der Waals surface area contributed by atoms with Crippen molar-refractivity contribution in [1.29, 1.82) is 0 Å². The number of hydrogen-bond donors (Lipinski definition) is 2. The topological polar surface area (TPSA) is 67.4 Å². The standard InChI is InChI=1S/C20H22N2O3/c1-13(21-20(24)16-4-3-5-18(12-16)25-2)14-8-10-17(11-9-14)22-19(23)15-6-7-15/h3-5,8-13,15H,6-7H2,1-2H3,(H,21,24)(H,22,23). The van der Waals surface area contributed by atoms with Crippen molar-refractivity contribution in [2.24, 2.45) is 5.92 Å². The second-order valence-corrected chi connectivity index (χ2v) is 6.31. The molecule has 3 rings (SSSR count). The highest BCUT2D eigenvalue weighted by molar-refractivity contribution is 5.95. The van der Waals surface area contributed by atoms with Crippen LogP contribution in [0.25, 0.3) is 0 Å². The number of carbonyl (C=O) groups is 2. The average molecular weight is 338 g/mol. The summed E-state index contributed by atoms with van der Waals surface area (Å²) < 4.78 is 5.15. The normalized spacial score (nSPS) is 14.5. The zero-order valence-electron chi connectivity index (χ0n) is 14.4. The van der Waals surface area contributed by atoms with Crippen LogP contribution in [0.15, 0.2) is 48.5 Å². The lowest BCUT2D eigenvalue weighted by molar-refractivity contribution is -0.117. The molecule has 2 N–H and O–H groups in total. The third-order valence-corrected chi connectivity index (χ3v) is 4.31. The molecule has 5 heteroatoms. The predicted molar refractivity (Wildman–Crippen MR) is 96.7 cm³/mol. The molecule has 0 aliphatic heterocycles. The molecule has 1 saturated carbocycles. The maximum atomic E-state index is 12.4. The maximum absolute atomic E-state index is 12.4. The quantitative estimate of drug-likeness (QED) is 0.846. The Morgan fingerprint density at radius 2 is 1.84 bits per heavy atom. The molecule has 0 bridgehead atoms. The van der Waals surface area contributed by atoms with E-state index in [9.17, 15) is 9.59 Å². The van der Waals surface area contributed by atoms with Crippen molar-refractivity contribution in [3.63, 3.8) is 0 Å². The molecule has 1 unspecified atom stereocenters. The zero-order valence-corrected chi connectivity index (χ0v) is 14.4. The first-order valence-electron chi connectivity index (χ1n) is 8.42. The number of rotatable bonds is 6. The van der Waals surface area contributed by atoms with Crippen molar-refractivity contribution in [1.82, 2.24) is 5.32 Å².